The van der Waals surface area contributed by atoms with Crippen LogP contribution in [0.3, 0.4) is 0 Å². The highest BCUT2D eigenvalue weighted by molar-refractivity contribution is 5.36. The Labute approximate surface area is 86.8 Å². The first kappa shape index (κ1) is 13.4. The standard InChI is InChI=1S/C11H22O3/c1-11(2)9-13-7-5-3-4-6-8-14-10-12/h10-11H,3-9H2,1-2H3. The van der Waals surface area contributed by atoms with Crippen molar-refractivity contribution in [1.82, 2.24) is 0 Å². The van der Waals surface area contributed by atoms with Gasteiger partial charge in [-0.1, -0.05) is 20.3 Å². The van der Waals surface area contributed by atoms with E-state index >= 15 is 0 Å². The first-order valence-corrected chi connectivity index (χ1v) is 5.40. The highest BCUT2D eigenvalue weighted by Crippen LogP contribution is 2.01. The van der Waals surface area contributed by atoms with Gasteiger partial charge in [0.2, 0.25) is 0 Å². The van der Waals surface area contributed by atoms with Gasteiger partial charge in [0.05, 0.1) is 6.61 Å². The van der Waals surface area contributed by atoms with Gasteiger partial charge in [-0.05, 0) is 25.2 Å². The number of rotatable bonds is 10. The fourth-order valence-electron chi connectivity index (χ4n) is 1.11. The highest BCUT2D eigenvalue weighted by atomic mass is 16.5. The normalized spacial score (nSPS) is 10.5. The number of ether oxygens (including phenoxy) is 2. The molecule has 0 aromatic rings. The third kappa shape index (κ3) is 11.4. The van der Waals surface area contributed by atoms with Gasteiger partial charge in [0.15, 0.2) is 0 Å². The number of hydrogen-bond donors (Lipinski definition) is 0. The first-order chi connectivity index (χ1) is 6.77. The zero-order valence-corrected chi connectivity index (χ0v) is 9.33. The van der Waals surface area contributed by atoms with E-state index in [2.05, 4.69) is 18.6 Å². The SMILES string of the molecule is CC(C)COCCCCCCOC=O. The molecule has 0 aromatic carbocycles. The van der Waals surface area contributed by atoms with Gasteiger partial charge in [0.1, 0.15) is 0 Å². The molecule has 3 nitrogen and oxygen atoms in total. The first-order valence-electron chi connectivity index (χ1n) is 5.40. The van der Waals surface area contributed by atoms with E-state index < -0.39 is 0 Å². The van der Waals surface area contributed by atoms with E-state index in [0.29, 0.717) is 19.0 Å². The lowest BCUT2D eigenvalue weighted by atomic mass is 10.2. The molecule has 0 amide bonds. The molecule has 84 valence electrons. The summed E-state index contributed by atoms with van der Waals surface area (Å²) in [6.45, 7) is 7.07. The van der Waals surface area contributed by atoms with Crippen LogP contribution in [0.5, 0.6) is 0 Å². The van der Waals surface area contributed by atoms with Gasteiger partial charge in [-0.3, -0.25) is 4.79 Å². The van der Waals surface area contributed by atoms with Gasteiger partial charge in [0, 0.05) is 13.2 Å². The predicted octanol–water partition coefficient (Wildman–Crippen LogP) is 2.39. The van der Waals surface area contributed by atoms with E-state index in [1.165, 1.54) is 0 Å². The van der Waals surface area contributed by atoms with Crippen LogP contribution in [0.4, 0.5) is 0 Å². The highest BCUT2D eigenvalue weighted by Gasteiger charge is 1.94. The van der Waals surface area contributed by atoms with Gasteiger partial charge >= 0.3 is 0 Å². The third-order valence-electron chi connectivity index (χ3n) is 1.82. The summed E-state index contributed by atoms with van der Waals surface area (Å²) in [6, 6.07) is 0. The van der Waals surface area contributed by atoms with Crippen molar-refractivity contribution in [2.45, 2.75) is 39.5 Å². The van der Waals surface area contributed by atoms with Crippen LogP contribution in [-0.2, 0) is 14.3 Å². The molecule has 0 spiro atoms. The maximum atomic E-state index is 9.80. The van der Waals surface area contributed by atoms with Gasteiger partial charge in [-0.25, -0.2) is 0 Å². The Hall–Kier alpha value is -0.570. The van der Waals surface area contributed by atoms with Crippen molar-refractivity contribution in [3.05, 3.63) is 0 Å². The molecular formula is C11H22O3. The smallest absolute Gasteiger partial charge is 0.293 e. The minimum Gasteiger partial charge on any atom is -0.468 e. The van der Waals surface area contributed by atoms with Crippen LogP contribution < -0.4 is 0 Å². The average molecular weight is 202 g/mol. The van der Waals surface area contributed by atoms with Crippen molar-refractivity contribution >= 4 is 6.47 Å². The minimum atomic E-state index is 0.506. The van der Waals surface area contributed by atoms with E-state index in [-0.39, 0.29) is 0 Å². The molecule has 0 aliphatic heterocycles. The number of hydrogen-bond acceptors (Lipinski definition) is 3. The van der Waals surface area contributed by atoms with E-state index in [1.807, 2.05) is 0 Å². The van der Waals surface area contributed by atoms with Crippen LogP contribution in [0.1, 0.15) is 39.5 Å². The monoisotopic (exact) mass is 202 g/mol. The van der Waals surface area contributed by atoms with Crippen LogP contribution >= 0.6 is 0 Å². The van der Waals surface area contributed by atoms with Gasteiger partial charge < -0.3 is 9.47 Å². The summed E-state index contributed by atoms with van der Waals surface area (Å²) >= 11 is 0. The molecule has 0 N–H and O–H groups in total. The molecule has 0 radical (unpaired) electrons. The maximum absolute atomic E-state index is 9.80. The Morgan fingerprint density at radius 2 is 1.71 bits per heavy atom. The van der Waals surface area contributed by atoms with E-state index in [0.717, 1.165) is 38.9 Å². The zero-order chi connectivity index (χ0) is 10.6. The molecule has 0 saturated heterocycles. The third-order valence-corrected chi connectivity index (χ3v) is 1.82. The molecule has 0 unspecified atom stereocenters. The Kier molecular flexibility index (Phi) is 10.1. The average Bonchev–Trinajstić information content (AvgIpc) is 2.15. The second-order valence-electron chi connectivity index (χ2n) is 3.85. The van der Waals surface area contributed by atoms with Crippen molar-refractivity contribution in [2.75, 3.05) is 19.8 Å². The second kappa shape index (κ2) is 10.5. The molecule has 0 heterocycles. The summed E-state index contributed by atoms with van der Waals surface area (Å²) in [5.74, 6) is 0.621. The quantitative estimate of drug-likeness (QED) is 0.403. The van der Waals surface area contributed by atoms with E-state index in [9.17, 15) is 4.79 Å². The van der Waals surface area contributed by atoms with Crippen LogP contribution in [0, 0.1) is 5.92 Å². The van der Waals surface area contributed by atoms with Gasteiger partial charge in [-0.15, -0.1) is 0 Å². The van der Waals surface area contributed by atoms with Crippen LogP contribution in [0.2, 0.25) is 0 Å². The molecule has 0 rings (SSSR count). The topological polar surface area (TPSA) is 35.5 Å². The molecule has 14 heavy (non-hydrogen) atoms. The Morgan fingerprint density at radius 3 is 2.29 bits per heavy atom. The number of unbranched alkanes of at least 4 members (excludes halogenated alkanes) is 3. The maximum Gasteiger partial charge on any atom is 0.293 e. The van der Waals surface area contributed by atoms with E-state index in [1.54, 1.807) is 0 Å². The fraction of sp³-hybridized carbons (Fsp3) is 0.909. The Bertz CT molecular complexity index is 124. The molecule has 0 aliphatic carbocycles. The summed E-state index contributed by atoms with van der Waals surface area (Å²) in [5.41, 5.74) is 0. The van der Waals surface area contributed by atoms with Gasteiger partial charge in [-0.2, -0.15) is 0 Å². The Balaban J connectivity index is 2.88. The summed E-state index contributed by atoms with van der Waals surface area (Å²) in [7, 11) is 0. The molecule has 0 saturated carbocycles. The van der Waals surface area contributed by atoms with Crippen LogP contribution in [-0.4, -0.2) is 26.3 Å². The van der Waals surface area contributed by atoms with Gasteiger partial charge in [0.25, 0.3) is 6.47 Å². The molecule has 0 aliphatic rings. The molecule has 0 atom stereocenters. The van der Waals surface area contributed by atoms with Crippen molar-refractivity contribution in [1.29, 1.82) is 0 Å². The van der Waals surface area contributed by atoms with Crippen molar-refractivity contribution in [3.8, 4) is 0 Å². The van der Waals surface area contributed by atoms with Crippen molar-refractivity contribution in [2.24, 2.45) is 5.92 Å². The van der Waals surface area contributed by atoms with Crippen LogP contribution in [0.15, 0.2) is 0 Å². The summed E-state index contributed by atoms with van der Waals surface area (Å²) < 4.78 is 10.0. The minimum absolute atomic E-state index is 0.506. The summed E-state index contributed by atoms with van der Waals surface area (Å²) in [5, 5.41) is 0. The van der Waals surface area contributed by atoms with Crippen molar-refractivity contribution < 1.29 is 14.3 Å². The second-order valence-corrected chi connectivity index (χ2v) is 3.85. The number of carbonyl (C=O) groups is 1. The largest absolute Gasteiger partial charge is 0.468 e. The zero-order valence-electron chi connectivity index (χ0n) is 9.33. The summed E-state index contributed by atoms with van der Waals surface area (Å²) in [6.07, 6.45) is 4.33. The molecule has 0 bridgehead atoms. The molecule has 0 fully saturated rings. The molecule has 3 heteroatoms. The van der Waals surface area contributed by atoms with E-state index in [4.69, 9.17) is 4.74 Å². The van der Waals surface area contributed by atoms with Crippen LogP contribution in [0.25, 0.3) is 0 Å². The number of carbonyl (C=O) groups excluding carboxylic acids is 1. The predicted molar refractivity (Wildman–Crippen MR) is 56.1 cm³/mol. The molecule has 0 aromatic heterocycles. The lowest BCUT2D eigenvalue weighted by Crippen LogP contribution is -2.03. The fourth-order valence-corrected chi connectivity index (χ4v) is 1.11. The summed E-state index contributed by atoms with van der Waals surface area (Å²) in [4.78, 5) is 9.80. The Morgan fingerprint density at radius 1 is 1.07 bits per heavy atom. The van der Waals surface area contributed by atoms with Crippen molar-refractivity contribution in [3.63, 3.8) is 0 Å². The molecular weight excluding hydrogens is 180 g/mol. The lowest BCUT2D eigenvalue weighted by Gasteiger charge is -2.06. The lowest BCUT2D eigenvalue weighted by molar-refractivity contribution is -0.128.